The predicted octanol–water partition coefficient (Wildman–Crippen LogP) is 4.45. The molecule has 0 radical (unpaired) electrons. The average Bonchev–Trinajstić information content (AvgIpc) is 2.50. The van der Waals surface area contributed by atoms with Gasteiger partial charge in [-0.05, 0) is 51.2 Å². The lowest BCUT2D eigenvalue weighted by Gasteiger charge is -2.35. The second-order valence-corrected chi connectivity index (χ2v) is 6.57. The molecule has 0 aromatic carbocycles. The number of hydrogen-bond acceptors (Lipinski definition) is 2. The van der Waals surface area contributed by atoms with E-state index in [0.717, 1.165) is 18.5 Å². The minimum atomic E-state index is 0.731. The van der Waals surface area contributed by atoms with Crippen molar-refractivity contribution >= 4 is 0 Å². The lowest BCUT2D eigenvalue weighted by molar-refractivity contribution is 0.181. The molecule has 1 aliphatic rings. The van der Waals surface area contributed by atoms with Crippen LogP contribution in [-0.4, -0.2) is 37.1 Å². The van der Waals surface area contributed by atoms with Crippen molar-refractivity contribution in [3.8, 4) is 0 Å². The maximum Gasteiger partial charge on any atom is 0.0223 e. The summed E-state index contributed by atoms with van der Waals surface area (Å²) < 4.78 is 0. The van der Waals surface area contributed by atoms with Gasteiger partial charge in [0.2, 0.25) is 0 Å². The number of hydrogen-bond donors (Lipinski definition) is 1. The largest absolute Gasteiger partial charge is 0.313 e. The lowest BCUT2D eigenvalue weighted by atomic mass is 9.83. The van der Waals surface area contributed by atoms with Crippen molar-refractivity contribution in [1.82, 2.24) is 10.2 Å². The summed E-state index contributed by atoms with van der Waals surface area (Å²) in [5.74, 6) is 0.925. The van der Waals surface area contributed by atoms with Gasteiger partial charge in [-0.1, -0.05) is 52.9 Å². The SMILES string of the molecule is CCCCN(CCCC)CC(NCC)C1CCCCC1. The first-order chi connectivity index (χ1) is 9.81. The van der Waals surface area contributed by atoms with Gasteiger partial charge in [0, 0.05) is 12.6 Å². The van der Waals surface area contributed by atoms with Gasteiger partial charge in [0.25, 0.3) is 0 Å². The Kier molecular flexibility index (Phi) is 10.4. The molecule has 1 rings (SSSR count). The molecule has 1 atom stereocenters. The van der Waals surface area contributed by atoms with Crippen LogP contribution in [0.2, 0.25) is 0 Å². The zero-order valence-electron chi connectivity index (χ0n) is 14.3. The summed E-state index contributed by atoms with van der Waals surface area (Å²) in [5.41, 5.74) is 0. The van der Waals surface area contributed by atoms with Crippen LogP contribution in [0.25, 0.3) is 0 Å². The van der Waals surface area contributed by atoms with E-state index in [9.17, 15) is 0 Å². The van der Waals surface area contributed by atoms with Gasteiger partial charge >= 0.3 is 0 Å². The monoisotopic (exact) mass is 282 g/mol. The van der Waals surface area contributed by atoms with Crippen LogP contribution in [-0.2, 0) is 0 Å². The van der Waals surface area contributed by atoms with E-state index in [4.69, 9.17) is 0 Å². The number of nitrogens with one attached hydrogen (secondary N) is 1. The molecule has 2 nitrogen and oxygen atoms in total. The summed E-state index contributed by atoms with van der Waals surface area (Å²) in [6.07, 6.45) is 12.6. The molecule has 0 aliphatic heterocycles. The van der Waals surface area contributed by atoms with Gasteiger partial charge in [-0.15, -0.1) is 0 Å². The van der Waals surface area contributed by atoms with Gasteiger partial charge in [-0.3, -0.25) is 0 Å². The van der Waals surface area contributed by atoms with E-state index >= 15 is 0 Å². The van der Waals surface area contributed by atoms with E-state index in [1.807, 2.05) is 0 Å². The fraction of sp³-hybridized carbons (Fsp3) is 1.00. The summed E-state index contributed by atoms with van der Waals surface area (Å²) in [6, 6.07) is 0.731. The smallest absolute Gasteiger partial charge is 0.0223 e. The Labute approximate surface area is 127 Å². The molecular formula is C18H38N2. The molecule has 0 saturated heterocycles. The standard InChI is InChI=1S/C18H38N2/c1-4-7-14-20(15-8-5-2)16-18(19-6-3)17-12-10-9-11-13-17/h17-19H,4-16H2,1-3H3. The maximum absolute atomic E-state index is 3.79. The van der Waals surface area contributed by atoms with Crippen LogP contribution in [0.3, 0.4) is 0 Å². The highest BCUT2D eigenvalue weighted by atomic mass is 15.1. The summed E-state index contributed by atoms with van der Waals surface area (Å²) in [6.45, 7) is 11.9. The zero-order chi connectivity index (χ0) is 14.6. The Morgan fingerprint density at radius 1 is 0.950 bits per heavy atom. The molecule has 1 fully saturated rings. The molecule has 2 heteroatoms. The highest BCUT2D eigenvalue weighted by Crippen LogP contribution is 2.27. The third-order valence-electron chi connectivity index (χ3n) is 4.80. The highest BCUT2D eigenvalue weighted by Gasteiger charge is 2.24. The number of nitrogens with zero attached hydrogens (tertiary/aromatic N) is 1. The van der Waals surface area contributed by atoms with Crippen molar-refractivity contribution in [1.29, 1.82) is 0 Å². The van der Waals surface area contributed by atoms with Crippen LogP contribution in [0.5, 0.6) is 0 Å². The van der Waals surface area contributed by atoms with E-state index in [0.29, 0.717) is 0 Å². The first-order valence-electron chi connectivity index (χ1n) is 9.27. The van der Waals surface area contributed by atoms with Crippen molar-refractivity contribution in [2.75, 3.05) is 26.2 Å². The van der Waals surface area contributed by atoms with Crippen molar-refractivity contribution in [3.63, 3.8) is 0 Å². The second-order valence-electron chi connectivity index (χ2n) is 6.57. The van der Waals surface area contributed by atoms with Crippen LogP contribution >= 0.6 is 0 Å². The van der Waals surface area contributed by atoms with Gasteiger partial charge in [-0.2, -0.15) is 0 Å². The fourth-order valence-corrected chi connectivity index (χ4v) is 3.52. The minimum absolute atomic E-state index is 0.731. The van der Waals surface area contributed by atoms with Gasteiger partial charge in [0.15, 0.2) is 0 Å². The van der Waals surface area contributed by atoms with Crippen LogP contribution < -0.4 is 5.32 Å². The van der Waals surface area contributed by atoms with Crippen LogP contribution in [0.15, 0.2) is 0 Å². The van der Waals surface area contributed by atoms with E-state index in [-0.39, 0.29) is 0 Å². The number of likely N-dealkylation sites (N-methyl/N-ethyl adjacent to an activating group) is 1. The van der Waals surface area contributed by atoms with Crippen molar-refractivity contribution in [2.24, 2.45) is 5.92 Å². The normalized spacial score (nSPS) is 18.6. The molecule has 1 aliphatic carbocycles. The molecule has 1 unspecified atom stereocenters. The molecule has 0 bridgehead atoms. The van der Waals surface area contributed by atoms with E-state index in [2.05, 4.69) is 31.0 Å². The molecule has 1 N–H and O–H groups in total. The van der Waals surface area contributed by atoms with Gasteiger partial charge in [0.05, 0.1) is 0 Å². The van der Waals surface area contributed by atoms with E-state index in [1.54, 1.807) is 0 Å². The molecule has 20 heavy (non-hydrogen) atoms. The molecule has 0 aromatic rings. The quantitative estimate of drug-likeness (QED) is 0.602. The third-order valence-corrected chi connectivity index (χ3v) is 4.80. The minimum Gasteiger partial charge on any atom is -0.313 e. The molecule has 0 aromatic heterocycles. The van der Waals surface area contributed by atoms with Crippen molar-refractivity contribution in [2.45, 2.75) is 84.6 Å². The first kappa shape index (κ1) is 18.0. The Bertz CT molecular complexity index is 203. The van der Waals surface area contributed by atoms with Gasteiger partial charge in [-0.25, -0.2) is 0 Å². The Morgan fingerprint density at radius 3 is 2.05 bits per heavy atom. The van der Waals surface area contributed by atoms with Gasteiger partial charge in [0.1, 0.15) is 0 Å². The lowest BCUT2D eigenvalue weighted by Crippen LogP contribution is -2.46. The molecule has 0 heterocycles. The van der Waals surface area contributed by atoms with Crippen molar-refractivity contribution in [3.05, 3.63) is 0 Å². The average molecular weight is 283 g/mol. The van der Waals surface area contributed by atoms with Crippen LogP contribution in [0.1, 0.15) is 78.6 Å². The van der Waals surface area contributed by atoms with Crippen molar-refractivity contribution < 1.29 is 0 Å². The summed E-state index contributed by atoms with van der Waals surface area (Å²) in [7, 11) is 0. The summed E-state index contributed by atoms with van der Waals surface area (Å²) in [5, 5.41) is 3.79. The first-order valence-corrected chi connectivity index (χ1v) is 9.27. The molecular weight excluding hydrogens is 244 g/mol. The fourth-order valence-electron chi connectivity index (χ4n) is 3.52. The maximum atomic E-state index is 3.79. The predicted molar refractivity (Wildman–Crippen MR) is 90.3 cm³/mol. The summed E-state index contributed by atoms with van der Waals surface area (Å²) in [4.78, 5) is 2.73. The molecule has 120 valence electrons. The van der Waals surface area contributed by atoms with Crippen LogP contribution in [0, 0.1) is 5.92 Å². The molecule has 1 saturated carbocycles. The zero-order valence-corrected chi connectivity index (χ0v) is 14.3. The van der Waals surface area contributed by atoms with E-state index in [1.165, 1.54) is 77.4 Å². The van der Waals surface area contributed by atoms with Gasteiger partial charge < -0.3 is 10.2 Å². The molecule has 0 spiro atoms. The number of unbranched alkanes of at least 4 members (excludes halogenated alkanes) is 2. The molecule has 0 amide bonds. The number of rotatable bonds is 11. The van der Waals surface area contributed by atoms with E-state index < -0.39 is 0 Å². The van der Waals surface area contributed by atoms with Crippen LogP contribution in [0.4, 0.5) is 0 Å². The Morgan fingerprint density at radius 2 is 1.55 bits per heavy atom. The highest BCUT2D eigenvalue weighted by molar-refractivity contribution is 4.82. The Hall–Kier alpha value is -0.0800. The summed E-state index contributed by atoms with van der Waals surface area (Å²) >= 11 is 0. The topological polar surface area (TPSA) is 15.3 Å². The Balaban J connectivity index is 2.48. The second kappa shape index (κ2) is 11.6. The third kappa shape index (κ3) is 7.08.